The monoisotopic (exact) mass is 472 g/mol. The second-order valence-corrected chi connectivity index (χ2v) is 9.80. The normalized spacial score (nSPS) is 15.7. The highest BCUT2D eigenvalue weighted by molar-refractivity contribution is 7.89. The number of sulfonamides is 1. The average Bonchev–Trinajstić information content (AvgIpc) is 2.84. The summed E-state index contributed by atoms with van der Waals surface area (Å²) in [6, 6.07) is 22.5. The molecule has 1 aliphatic heterocycles. The number of ether oxygens (including phenoxy) is 1. The third-order valence-corrected chi connectivity index (χ3v) is 7.65. The predicted octanol–water partition coefficient (Wildman–Crippen LogP) is 4.08. The molecule has 0 bridgehead atoms. The van der Waals surface area contributed by atoms with Crippen LogP contribution < -0.4 is 0 Å². The number of nitrogens with zero attached hydrogens (tertiary/aromatic N) is 2. The number of hydrogen-bond acceptors (Lipinski definition) is 4. The molecule has 1 saturated heterocycles. The molecule has 0 N–H and O–H groups in total. The third kappa shape index (κ3) is 5.65. The molecular weight excluding hydrogens is 446 g/mol. The highest BCUT2D eigenvalue weighted by Crippen LogP contribution is 2.26. The minimum atomic E-state index is -4.08. The van der Waals surface area contributed by atoms with Gasteiger partial charge in [-0.25, -0.2) is 17.2 Å². The molecule has 1 fully saturated rings. The van der Waals surface area contributed by atoms with Crippen LogP contribution in [0.15, 0.2) is 83.8 Å². The number of piperazine rings is 1. The second kappa shape index (κ2) is 10.5. The Balaban J connectivity index is 1.34. The van der Waals surface area contributed by atoms with Crippen molar-refractivity contribution in [2.24, 2.45) is 0 Å². The van der Waals surface area contributed by atoms with Crippen LogP contribution in [0, 0.1) is 11.6 Å². The second-order valence-electron chi connectivity index (χ2n) is 7.89. The lowest BCUT2D eigenvalue weighted by atomic mass is 10.0. The first-order valence-corrected chi connectivity index (χ1v) is 12.3. The molecule has 1 aliphatic rings. The van der Waals surface area contributed by atoms with Crippen molar-refractivity contribution < 1.29 is 21.9 Å². The van der Waals surface area contributed by atoms with Gasteiger partial charge in [0.2, 0.25) is 10.0 Å². The van der Waals surface area contributed by atoms with Gasteiger partial charge in [-0.15, -0.1) is 0 Å². The molecule has 0 atom stereocenters. The Labute approximate surface area is 193 Å². The lowest BCUT2D eigenvalue weighted by Gasteiger charge is -2.34. The van der Waals surface area contributed by atoms with E-state index in [9.17, 15) is 17.2 Å². The van der Waals surface area contributed by atoms with Gasteiger partial charge in [0.25, 0.3) is 0 Å². The van der Waals surface area contributed by atoms with E-state index in [4.69, 9.17) is 4.74 Å². The van der Waals surface area contributed by atoms with E-state index in [1.165, 1.54) is 4.31 Å². The zero-order valence-electron chi connectivity index (χ0n) is 18.1. The molecular formula is C25H26F2N2O3S. The zero-order valence-corrected chi connectivity index (χ0v) is 18.9. The van der Waals surface area contributed by atoms with Crippen molar-refractivity contribution in [3.63, 3.8) is 0 Å². The van der Waals surface area contributed by atoms with Crippen molar-refractivity contribution in [2.75, 3.05) is 39.3 Å². The molecule has 33 heavy (non-hydrogen) atoms. The molecule has 3 aromatic carbocycles. The Morgan fingerprint density at radius 3 is 1.97 bits per heavy atom. The van der Waals surface area contributed by atoms with Gasteiger partial charge in [-0.05, 0) is 29.3 Å². The Morgan fingerprint density at radius 1 is 0.818 bits per heavy atom. The van der Waals surface area contributed by atoms with Gasteiger partial charge in [-0.3, -0.25) is 4.90 Å². The van der Waals surface area contributed by atoms with E-state index >= 15 is 0 Å². The molecule has 8 heteroatoms. The van der Waals surface area contributed by atoms with Crippen molar-refractivity contribution in [3.8, 4) is 0 Å². The van der Waals surface area contributed by atoms with Gasteiger partial charge in [0.1, 0.15) is 22.6 Å². The fourth-order valence-electron chi connectivity index (χ4n) is 3.95. The van der Waals surface area contributed by atoms with Crippen LogP contribution in [0.3, 0.4) is 0 Å². The maximum absolute atomic E-state index is 14.0. The molecule has 0 amide bonds. The number of hydrogen-bond donors (Lipinski definition) is 0. The summed E-state index contributed by atoms with van der Waals surface area (Å²) in [5.74, 6) is -1.72. The van der Waals surface area contributed by atoms with Crippen molar-refractivity contribution in [1.29, 1.82) is 0 Å². The van der Waals surface area contributed by atoms with Gasteiger partial charge < -0.3 is 4.74 Å². The molecule has 0 radical (unpaired) electrons. The van der Waals surface area contributed by atoms with Gasteiger partial charge in [0.15, 0.2) is 0 Å². The van der Waals surface area contributed by atoms with Crippen LogP contribution in [-0.4, -0.2) is 57.0 Å². The molecule has 0 aromatic heterocycles. The molecule has 0 saturated carbocycles. The van der Waals surface area contributed by atoms with E-state index < -0.39 is 26.6 Å². The van der Waals surface area contributed by atoms with Gasteiger partial charge in [0, 0.05) is 32.7 Å². The van der Waals surface area contributed by atoms with Crippen LogP contribution in [-0.2, 0) is 14.8 Å². The summed E-state index contributed by atoms with van der Waals surface area (Å²) in [6.07, 6.45) is -0.190. The standard InChI is InChI=1S/C25H26F2N2O3S/c26-22-11-12-23(27)24(19-22)33(30,31)29-15-13-28(14-16-29)17-18-32-25(20-7-3-1-4-8-20)21-9-5-2-6-10-21/h1-12,19,25H,13-18H2. The minimum absolute atomic E-state index is 0.190. The lowest BCUT2D eigenvalue weighted by molar-refractivity contribution is 0.0527. The van der Waals surface area contributed by atoms with E-state index in [1.807, 2.05) is 60.7 Å². The maximum Gasteiger partial charge on any atom is 0.246 e. The van der Waals surface area contributed by atoms with E-state index in [-0.39, 0.29) is 19.2 Å². The molecule has 3 aromatic rings. The van der Waals surface area contributed by atoms with Gasteiger partial charge >= 0.3 is 0 Å². The van der Waals surface area contributed by atoms with Crippen molar-refractivity contribution in [1.82, 2.24) is 9.21 Å². The highest BCUT2D eigenvalue weighted by atomic mass is 32.2. The molecule has 5 nitrogen and oxygen atoms in total. The molecule has 0 spiro atoms. The first kappa shape index (κ1) is 23.5. The largest absolute Gasteiger partial charge is 0.367 e. The minimum Gasteiger partial charge on any atom is -0.367 e. The highest BCUT2D eigenvalue weighted by Gasteiger charge is 2.31. The van der Waals surface area contributed by atoms with Crippen molar-refractivity contribution >= 4 is 10.0 Å². The Morgan fingerprint density at radius 2 is 1.39 bits per heavy atom. The van der Waals surface area contributed by atoms with Gasteiger partial charge in [-0.2, -0.15) is 4.31 Å². The van der Waals surface area contributed by atoms with Crippen molar-refractivity contribution in [3.05, 3.63) is 102 Å². The average molecular weight is 473 g/mol. The smallest absolute Gasteiger partial charge is 0.246 e. The van der Waals surface area contributed by atoms with Crippen LogP contribution in [0.2, 0.25) is 0 Å². The number of benzene rings is 3. The van der Waals surface area contributed by atoms with E-state index in [1.54, 1.807) is 0 Å². The number of rotatable bonds is 8. The number of halogens is 2. The Kier molecular flexibility index (Phi) is 7.49. The Bertz CT molecular complexity index is 1110. The molecule has 174 valence electrons. The summed E-state index contributed by atoms with van der Waals surface area (Å²) in [5.41, 5.74) is 2.13. The summed E-state index contributed by atoms with van der Waals surface area (Å²) in [4.78, 5) is 1.49. The summed E-state index contributed by atoms with van der Waals surface area (Å²) < 4.78 is 60.5. The summed E-state index contributed by atoms with van der Waals surface area (Å²) in [7, 11) is -4.08. The van der Waals surface area contributed by atoms with Crippen LogP contribution in [0.5, 0.6) is 0 Å². The zero-order chi connectivity index (χ0) is 23.3. The molecule has 4 rings (SSSR count). The summed E-state index contributed by atoms with van der Waals surface area (Å²) in [5, 5.41) is 0. The van der Waals surface area contributed by atoms with Gasteiger partial charge in [0.05, 0.1) is 6.61 Å². The van der Waals surface area contributed by atoms with Crippen LogP contribution in [0.25, 0.3) is 0 Å². The molecule has 1 heterocycles. The Hall–Kier alpha value is -2.65. The predicted molar refractivity (Wildman–Crippen MR) is 122 cm³/mol. The van der Waals surface area contributed by atoms with Crippen LogP contribution >= 0.6 is 0 Å². The maximum atomic E-state index is 14.0. The van der Waals surface area contributed by atoms with E-state index in [2.05, 4.69) is 4.90 Å². The fourth-order valence-corrected chi connectivity index (χ4v) is 5.45. The third-order valence-electron chi connectivity index (χ3n) is 5.74. The quantitative estimate of drug-likeness (QED) is 0.496. The molecule has 0 unspecified atom stereocenters. The summed E-state index contributed by atoms with van der Waals surface area (Å²) in [6.45, 7) is 2.50. The van der Waals surface area contributed by atoms with Crippen LogP contribution in [0.1, 0.15) is 17.2 Å². The first-order valence-electron chi connectivity index (χ1n) is 10.8. The topological polar surface area (TPSA) is 49.9 Å². The van der Waals surface area contributed by atoms with E-state index in [0.29, 0.717) is 26.2 Å². The lowest BCUT2D eigenvalue weighted by Crippen LogP contribution is -2.49. The van der Waals surface area contributed by atoms with Crippen molar-refractivity contribution in [2.45, 2.75) is 11.0 Å². The van der Waals surface area contributed by atoms with Crippen LogP contribution in [0.4, 0.5) is 8.78 Å². The SMILES string of the molecule is O=S(=O)(c1cc(F)ccc1F)N1CCN(CCOC(c2ccccc2)c2ccccc2)CC1. The van der Waals surface area contributed by atoms with E-state index in [0.717, 1.165) is 29.3 Å². The fraction of sp³-hybridized carbons (Fsp3) is 0.280. The van der Waals surface area contributed by atoms with Gasteiger partial charge in [-0.1, -0.05) is 60.7 Å². The summed E-state index contributed by atoms with van der Waals surface area (Å²) >= 11 is 0. The molecule has 0 aliphatic carbocycles. The first-order chi connectivity index (χ1) is 15.9.